The number of hydrogen-bond donors (Lipinski definition) is 0. The van der Waals surface area contributed by atoms with Gasteiger partial charge >= 0.3 is 17.9 Å². The summed E-state index contributed by atoms with van der Waals surface area (Å²) in [6.45, 7) is 2.48. The molecule has 2 amide bonds. The molecule has 9 nitrogen and oxygen atoms in total. The number of carbonyl (C=O) groups is 5. The molecule has 0 spiro atoms. The van der Waals surface area contributed by atoms with E-state index in [2.05, 4.69) is 6.92 Å². The minimum Gasteiger partial charge on any atom is -0.461 e. The maximum Gasteiger partial charge on any atom is 0.350 e. The highest BCUT2D eigenvalue weighted by atomic mass is 16.7. The average Bonchev–Trinajstić information content (AvgIpc) is 3.48. The normalized spacial score (nSPS) is 14.1. The first-order valence-electron chi connectivity index (χ1n) is 19.5. The second-order valence-electron chi connectivity index (χ2n) is 13.8. The van der Waals surface area contributed by atoms with Gasteiger partial charge in [-0.15, -0.1) is 5.06 Å². The van der Waals surface area contributed by atoms with Crippen LogP contribution in [0.25, 0.3) is 0 Å². The van der Waals surface area contributed by atoms with E-state index in [1.54, 1.807) is 0 Å². The van der Waals surface area contributed by atoms with Crippen molar-refractivity contribution in [3.05, 3.63) is 83.9 Å². The van der Waals surface area contributed by atoms with Gasteiger partial charge in [-0.2, -0.15) is 0 Å². The molecule has 1 heterocycles. The number of rotatable bonds is 27. The van der Waals surface area contributed by atoms with E-state index in [-0.39, 0.29) is 38.3 Å². The number of hydrogen-bond acceptors (Lipinski definition) is 8. The van der Waals surface area contributed by atoms with Gasteiger partial charge in [-0.1, -0.05) is 157 Å². The number of hydroxylamine groups is 2. The SMILES string of the molecule is CCCCCCCCCCC[C@@](CC=CCCCCCCCC(=O)OCc1ccccc1)(C(=O)OCc1ccccc1)C(=O)ON1C(=O)CCC1=O. The number of esters is 2. The third-order valence-electron chi connectivity index (χ3n) is 9.51. The van der Waals surface area contributed by atoms with E-state index in [1.165, 1.54) is 25.7 Å². The number of imide groups is 1. The average molecular weight is 718 g/mol. The molecule has 0 unspecified atom stereocenters. The summed E-state index contributed by atoms with van der Waals surface area (Å²) >= 11 is 0. The topological polar surface area (TPSA) is 116 Å². The van der Waals surface area contributed by atoms with Crippen molar-refractivity contribution in [1.29, 1.82) is 0 Å². The van der Waals surface area contributed by atoms with E-state index in [0.29, 0.717) is 24.5 Å². The summed E-state index contributed by atoms with van der Waals surface area (Å²) < 4.78 is 11.1. The number of ether oxygens (including phenoxy) is 2. The van der Waals surface area contributed by atoms with Crippen LogP contribution < -0.4 is 0 Å². The van der Waals surface area contributed by atoms with E-state index >= 15 is 0 Å². The Morgan fingerprint density at radius 1 is 0.635 bits per heavy atom. The van der Waals surface area contributed by atoms with E-state index in [9.17, 15) is 24.0 Å². The Morgan fingerprint density at radius 2 is 1.15 bits per heavy atom. The van der Waals surface area contributed by atoms with Crippen molar-refractivity contribution in [1.82, 2.24) is 5.06 Å². The third kappa shape index (κ3) is 15.5. The van der Waals surface area contributed by atoms with Gasteiger partial charge in [0.15, 0.2) is 5.41 Å². The molecular formula is C43H59NO8. The van der Waals surface area contributed by atoms with Crippen LogP contribution in [-0.2, 0) is 51.5 Å². The number of nitrogens with zero attached hydrogens (tertiary/aromatic N) is 1. The minimum absolute atomic E-state index is 0.0114. The highest BCUT2D eigenvalue weighted by molar-refractivity contribution is 6.04. The molecule has 0 radical (unpaired) electrons. The number of unbranched alkanes of at least 4 members (excludes halogenated alkanes) is 13. The van der Waals surface area contributed by atoms with Gasteiger partial charge in [-0.3, -0.25) is 19.2 Å². The molecule has 0 bridgehead atoms. The summed E-state index contributed by atoms with van der Waals surface area (Å²) in [7, 11) is 0. The first-order valence-corrected chi connectivity index (χ1v) is 19.5. The molecule has 1 fully saturated rings. The summed E-state index contributed by atoms with van der Waals surface area (Å²) in [5, 5.41) is 0.518. The second kappa shape index (κ2) is 24.8. The predicted octanol–water partition coefficient (Wildman–Crippen LogP) is 9.66. The molecule has 9 heteroatoms. The maximum atomic E-state index is 13.9. The van der Waals surface area contributed by atoms with Crippen molar-refractivity contribution < 1.29 is 38.3 Å². The Bertz CT molecular complexity index is 1380. The summed E-state index contributed by atoms with van der Waals surface area (Å²) in [4.78, 5) is 70.1. The van der Waals surface area contributed by atoms with Crippen molar-refractivity contribution in [2.24, 2.45) is 5.41 Å². The Morgan fingerprint density at radius 3 is 1.75 bits per heavy atom. The van der Waals surface area contributed by atoms with Gasteiger partial charge < -0.3 is 14.3 Å². The van der Waals surface area contributed by atoms with Gasteiger partial charge in [0.2, 0.25) is 0 Å². The lowest BCUT2D eigenvalue weighted by Gasteiger charge is -2.29. The molecule has 0 N–H and O–H groups in total. The van der Waals surface area contributed by atoms with Crippen molar-refractivity contribution in [2.75, 3.05) is 0 Å². The molecule has 1 aliphatic rings. The first kappa shape index (κ1) is 42.1. The summed E-state index contributed by atoms with van der Waals surface area (Å²) in [5.41, 5.74) is 0.0538. The fourth-order valence-corrected chi connectivity index (χ4v) is 6.26. The largest absolute Gasteiger partial charge is 0.461 e. The Balaban J connectivity index is 1.55. The first-order chi connectivity index (χ1) is 25.4. The molecule has 0 saturated carbocycles. The van der Waals surface area contributed by atoms with Gasteiger partial charge in [0, 0.05) is 19.3 Å². The zero-order valence-electron chi connectivity index (χ0n) is 31.2. The van der Waals surface area contributed by atoms with Crippen LogP contribution in [0.5, 0.6) is 0 Å². The highest BCUT2D eigenvalue weighted by Gasteiger charge is 2.50. The molecule has 1 atom stereocenters. The lowest BCUT2D eigenvalue weighted by atomic mass is 9.79. The fourth-order valence-electron chi connectivity index (χ4n) is 6.26. The van der Waals surface area contributed by atoms with Gasteiger partial charge in [0.25, 0.3) is 11.8 Å². The van der Waals surface area contributed by atoms with E-state index in [4.69, 9.17) is 14.3 Å². The zero-order chi connectivity index (χ0) is 37.3. The molecule has 284 valence electrons. The van der Waals surface area contributed by atoms with Crippen LogP contribution in [0.15, 0.2) is 72.8 Å². The van der Waals surface area contributed by atoms with Crippen LogP contribution >= 0.6 is 0 Å². The van der Waals surface area contributed by atoms with Crippen molar-refractivity contribution in [3.8, 4) is 0 Å². The monoisotopic (exact) mass is 717 g/mol. The summed E-state index contributed by atoms with van der Waals surface area (Å²) in [6, 6.07) is 18.9. The molecular weight excluding hydrogens is 658 g/mol. The van der Waals surface area contributed by atoms with Crippen LogP contribution in [0.3, 0.4) is 0 Å². The van der Waals surface area contributed by atoms with Crippen LogP contribution in [0, 0.1) is 5.41 Å². The molecule has 0 aromatic heterocycles. The molecule has 1 saturated heterocycles. The smallest absolute Gasteiger partial charge is 0.350 e. The number of amides is 2. The van der Waals surface area contributed by atoms with Crippen molar-refractivity contribution >= 4 is 29.7 Å². The number of allylic oxidation sites excluding steroid dienone is 2. The van der Waals surface area contributed by atoms with Crippen molar-refractivity contribution in [3.63, 3.8) is 0 Å². The van der Waals surface area contributed by atoms with Gasteiger partial charge in [0.05, 0.1) is 0 Å². The van der Waals surface area contributed by atoms with E-state index in [0.717, 1.165) is 75.3 Å². The quantitative estimate of drug-likeness (QED) is 0.0295. The summed E-state index contributed by atoms with van der Waals surface area (Å²) in [5.74, 6) is -3.01. The number of benzene rings is 2. The molecule has 52 heavy (non-hydrogen) atoms. The van der Waals surface area contributed by atoms with E-state index < -0.39 is 29.2 Å². The Labute approximate surface area is 310 Å². The highest BCUT2D eigenvalue weighted by Crippen LogP contribution is 2.35. The molecule has 0 aliphatic carbocycles. The maximum absolute atomic E-state index is 13.9. The van der Waals surface area contributed by atoms with Crippen LogP contribution in [0.1, 0.15) is 146 Å². The number of carbonyl (C=O) groups excluding carboxylic acids is 5. The fraction of sp³-hybridized carbons (Fsp3) is 0.558. The zero-order valence-corrected chi connectivity index (χ0v) is 31.2. The minimum atomic E-state index is -1.70. The van der Waals surface area contributed by atoms with Gasteiger partial charge in [-0.05, 0) is 43.2 Å². The molecule has 1 aliphatic heterocycles. The third-order valence-corrected chi connectivity index (χ3v) is 9.51. The van der Waals surface area contributed by atoms with Gasteiger partial charge in [-0.25, -0.2) is 4.79 Å². The lowest BCUT2D eigenvalue weighted by Crippen LogP contribution is -2.45. The lowest BCUT2D eigenvalue weighted by molar-refractivity contribution is -0.209. The van der Waals surface area contributed by atoms with Crippen LogP contribution in [0.4, 0.5) is 0 Å². The van der Waals surface area contributed by atoms with Gasteiger partial charge in [0.1, 0.15) is 13.2 Å². The van der Waals surface area contributed by atoms with Crippen molar-refractivity contribution in [2.45, 2.75) is 149 Å². The van der Waals surface area contributed by atoms with Crippen LogP contribution in [0.2, 0.25) is 0 Å². The Kier molecular flexibility index (Phi) is 20.1. The van der Waals surface area contributed by atoms with E-state index in [1.807, 2.05) is 72.8 Å². The molecule has 3 rings (SSSR count). The standard InChI is InChI=1S/C43H59NO8/c1-2-3-4-5-6-8-11-14-23-32-43(41(48)51-35-37-27-20-17-21-28-37,42(49)52-44-38(45)30-31-39(44)46)33-24-15-12-9-7-10-13-22-29-40(47)50-34-36-25-18-16-19-26-36/h15-21,24-28H,2-14,22-23,29-35H2,1H3/t43-/m1/s1. The molecule has 2 aromatic rings. The second-order valence-corrected chi connectivity index (χ2v) is 13.8. The van der Waals surface area contributed by atoms with Crippen LogP contribution in [-0.4, -0.2) is 34.8 Å². The molecule has 2 aromatic carbocycles. The summed E-state index contributed by atoms with van der Waals surface area (Å²) in [6.07, 6.45) is 19.3. The Hall–Kier alpha value is -4.27. The predicted molar refractivity (Wildman–Crippen MR) is 200 cm³/mol.